The molecule has 53 heavy (non-hydrogen) atoms. The van der Waals surface area contributed by atoms with Gasteiger partial charge in [0, 0.05) is 50.4 Å². The van der Waals surface area contributed by atoms with Gasteiger partial charge in [0.25, 0.3) is 6.10 Å². The number of carbonyl (C=O) groups excluding carboxylic acids is 2. The van der Waals surface area contributed by atoms with Crippen molar-refractivity contribution in [3.63, 3.8) is 0 Å². The number of rotatable bonds is 11. The van der Waals surface area contributed by atoms with E-state index in [0.717, 1.165) is 22.6 Å². The molecule has 17 heteroatoms. The van der Waals surface area contributed by atoms with Crippen molar-refractivity contribution in [2.45, 2.75) is 108 Å². The third-order valence-electron chi connectivity index (χ3n) is 9.31. The van der Waals surface area contributed by atoms with Crippen LogP contribution >= 0.6 is 0 Å². The highest BCUT2D eigenvalue weighted by molar-refractivity contribution is 5.70. The lowest BCUT2D eigenvalue weighted by Crippen LogP contribution is -2.54. The fourth-order valence-corrected chi connectivity index (χ4v) is 6.80. The molecule has 8 nitrogen and oxygen atoms in total. The van der Waals surface area contributed by atoms with Crippen LogP contribution in [-0.4, -0.2) is 84.7 Å². The molecule has 0 bridgehead atoms. The first-order chi connectivity index (χ1) is 24.5. The second kappa shape index (κ2) is 16.2. The third-order valence-corrected chi connectivity index (χ3v) is 9.31. The molecule has 2 aromatic rings. The van der Waals surface area contributed by atoms with Gasteiger partial charge in [-0.2, -0.15) is 39.5 Å². The van der Waals surface area contributed by atoms with Gasteiger partial charge < -0.3 is 24.0 Å². The lowest BCUT2D eigenvalue weighted by molar-refractivity contribution is -0.308. The number of hydrogen-bond acceptors (Lipinski definition) is 7. The van der Waals surface area contributed by atoms with Gasteiger partial charge in [-0.15, -0.1) is 0 Å². The zero-order chi connectivity index (χ0) is 39.4. The maximum absolute atomic E-state index is 14.4. The van der Waals surface area contributed by atoms with Crippen molar-refractivity contribution in [2.75, 3.05) is 38.2 Å². The minimum atomic E-state index is -5.85. The summed E-state index contributed by atoms with van der Waals surface area (Å²) in [5, 5.41) is 0. The van der Waals surface area contributed by atoms with Crippen LogP contribution in [0.5, 0.6) is 5.75 Å². The number of methoxy groups -OCH3 is 1. The zero-order valence-corrected chi connectivity index (χ0v) is 29.9. The molecule has 0 N–H and O–H groups in total. The van der Waals surface area contributed by atoms with Gasteiger partial charge in [0.1, 0.15) is 11.4 Å². The van der Waals surface area contributed by atoms with Crippen LogP contribution in [0.25, 0.3) is 0 Å². The number of alkyl halides is 9. The van der Waals surface area contributed by atoms with Crippen LogP contribution < -0.4 is 9.64 Å². The quantitative estimate of drug-likeness (QED) is 0.167. The second-order valence-corrected chi connectivity index (χ2v) is 14.4. The Balaban J connectivity index is 1.55. The number of carbonyl (C=O) groups is 2. The van der Waals surface area contributed by atoms with E-state index in [4.69, 9.17) is 9.47 Å². The van der Waals surface area contributed by atoms with Crippen molar-refractivity contribution < 1.29 is 63.3 Å². The van der Waals surface area contributed by atoms with E-state index < -0.39 is 53.4 Å². The summed E-state index contributed by atoms with van der Waals surface area (Å²) in [6, 6.07) is 10.8. The Morgan fingerprint density at radius 3 is 2.02 bits per heavy atom. The van der Waals surface area contributed by atoms with Crippen molar-refractivity contribution in [3.05, 3.63) is 59.2 Å². The molecule has 1 amide bonds. The smallest absolute Gasteiger partial charge is 0.434 e. The average Bonchev–Trinajstić information content (AvgIpc) is 3.41. The molecule has 0 saturated carbocycles. The van der Waals surface area contributed by atoms with Gasteiger partial charge in [0.2, 0.25) is 0 Å². The summed E-state index contributed by atoms with van der Waals surface area (Å²) in [6.07, 6.45) is -20.5. The molecule has 0 atom stereocenters. The van der Waals surface area contributed by atoms with Gasteiger partial charge in [-0.05, 0) is 101 Å². The minimum Gasteiger partial charge on any atom is -0.497 e. The van der Waals surface area contributed by atoms with Crippen molar-refractivity contribution in [2.24, 2.45) is 0 Å². The van der Waals surface area contributed by atoms with Crippen molar-refractivity contribution in [3.8, 4) is 5.75 Å². The SMILES string of the molecule is COc1ccc(CN(CCCC(=O)OC(C)(C)C)c2cc(CN3CCCC34CCN(C(=O)OC(C(F)(F)F)C(F)(F)F)CC4)cc(C(F)(F)F)c2)cc1. The fourth-order valence-electron chi connectivity index (χ4n) is 6.80. The van der Waals surface area contributed by atoms with E-state index in [9.17, 15) is 49.1 Å². The van der Waals surface area contributed by atoms with Crippen LogP contribution in [0.3, 0.4) is 0 Å². The first-order valence-electron chi connectivity index (χ1n) is 17.1. The molecule has 2 saturated heterocycles. The van der Waals surface area contributed by atoms with Crippen LogP contribution in [-0.2, 0) is 33.5 Å². The highest BCUT2D eigenvalue weighted by Crippen LogP contribution is 2.42. The number of esters is 1. The standard InChI is InChI=1S/C36H44F9N3O5/c1-32(2,3)53-29(49)7-5-15-47(22-24-8-10-28(51-4)11-9-24)27-20-25(19-26(21-27)34(37,38)39)23-48-16-6-12-33(48)13-17-46(18-14-33)31(50)52-30(35(40,41)42)36(43,44)45/h8-11,19-21,30H,5-7,12-18,22-23H2,1-4H3. The Bertz CT molecular complexity index is 1530. The van der Waals surface area contributed by atoms with Crippen LogP contribution in [0.15, 0.2) is 42.5 Å². The number of likely N-dealkylation sites (tertiary alicyclic amines) is 2. The van der Waals surface area contributed by atoms with E-state index in [-0.39, 0.29) is 64.1 Å². The summed E-state index contributed by atoms with van der Waals surface area (Å²) < 4.78 is 135. The topological polar surface area (TPSA) is 71.5 Å². The zero-order valence-electron chi connectivity index (χ0n) is 29.9. The van der Waals surface area contributed by atoms with Crippen molar-refractivity contribution in [1.82, 2.24) is 9.80 Å². The first-order valence-corrected chi connectivity index (χ1v) is 17.1. The number of halogens is 9. The Kier molecular flexibility index (Phi) is 12.8. The highest BCUT2D eigenvalue weighted by Gasteiger charge is 2.60. The number of amides is 1. The normalized spacial score (nSPS) is 17.0. The lowest BCUT2D eigenvalue weighted by atomic mass is 9.84. The van der Waals surface area contributed by atoms with Crippen LogP contribution in [0, 0.1) is 0 Å². The number of ether oxygens (including phenoxy) is 3. The van der Waals surface area contributed by atoms with Crippen molar-refractivity contribution in [1.29, 1.82) is 0 Å². The molecule has 0 radical (unpaired) electrons. The number of nitrogens with zero attached hydrogens (tertiary/aromatic N) is 3. The molecule has 1 spiro atoms. The lowest BCUT2D eigenvalue weighted by Gasteiger charge is -2.45. The largest absolute Gasteiger partial charge is 0.497 e. The van der Waals surface area contributed by atoms with Gasteiger partial charge in [-0.3, -0.25) is 9.69 Å². The van der Waals surface area contributed by atoms with Crippen LogP contribution in [0.2, 0.25) is 0 Å². The summed E-state index contributed by atoms with van der Waals surface area (Å²) in [5.74, 6) is 0.159. The average molecular weight is 770 g/mol. The number of anilines is 1. The highest BCUT2D eigenvalue weighted by atomic mass is 19.4. The Morgan fingerprint density at radius 1 is 0.849 bits per heavy atom. The summed E-state index contributed by atoms with van der Waals surface area (Å²) in [4.78, 5) is 29.4. The van der Waals surface area contributed by atoms with E-state index in [0.29, 0.717) is 30.7 Å². The monoisotopic (exact) mass is 769 g/mol. The summed E-state index contributed by atoms with van der Waals surface area (Å²) in [5.41, 5.74) is -0.845. The third kappa shape index (κ3) is 11.5. The molecule has 2 fully saturated rings. The molecule has 0 unspecified atom stereocenters. The molecule has 2 aromatic carbocycles. The molecule has 0 aliphatic carbocycles. The Hall–Kier alpha value is -3.89. The summed E-state index contributed by atoms with van der Waals surface area (Å²) in [7, 11) is 1.51. The fraction of sp³-hybridized carbons (Fsp3) is 0.611. The minimum absolute atomic E-state index is 0.0378. The van der Waals surface area contributed by atoms with Gasteiger partial charge in [-0.25, -0.2) is 4.79 Å². The Morgan fingerprint density at radius 2 is 1.47 bits per heavy atom. The Labute approximate surface area is 302 Å². The van der Waals surface area contributed by atoms with Crippen LogP contribution in [0.1, 0.15) is 76.0 Å². The van der Waals surface area contributed by atoms with E-state index in [1.54, 1.807) is 56.0 Å². The maximum atomic E-state index is 14.4. The molecular weight excluding hydrogens is 725 g/mol. The molecule has 0 aromatic heterocycles. The molecular formula is C36H44F9N3O5. The number of benzene rings is 2. The van der Waals surface area contributed by atoms with Gasteiger partial charge in [-0.1, -0.05) is 12.1 Å². The van der Waals surface area contributed by atoms with E-state index >= 15 is 0 Å². The van der Waals surface area contributed by atoms with Gasteiger partial charge in [0.15, 0.2) is 0 Å². The molecule has 4 rings (SSSR count). The van der Waals surface area contributed by atoms with Crippen molar-refractivity contribution >= 4 is 17.7 Å². The summed E-state index contributed by atoms with van der Waals surface area (Å²) >= 11 is 0. The van der Waals surface area contributed by atoms with E-state index in [1.807, 2.05) is 4.90 Å². The molecule has 296 valence electrons. The predicted octanol–water partition coefficient (Wildman–Crippen LogP) is 8.90. The summed E-state index contributed by atoms with van der Waals surface area (Å²) in [6.45, 7) is 5.79. The first kappa shape index (κ1) is 41.9. The second-order valence-electron chi connectivity index (χ2n) is 14.4. The number of hydrogen-bond donors (Lipinski definition) is 0. The molecule has 2 aliphatic heterocycles. The van der Waals surface area contributed by atoms with E-state index in [1.165, 1.54) is 7.11 Å². The number of piperidine rings is 1. The van der Waals surface area contributed by atoms with Gasteiger partial charge >= 0.3 is 30.6 Å². The van der Waals surface area contributed by atoms with Crippen LogP contribution in [0.4, 0.5) is 50.0 Å². The van der Waals surface area contributed by atoms with E-state index in [2.05, 4.69) is 4.74 Å². The molecule has 2 aliphatic rings. The maximum Gasteiger partial charge on any atom is 0.434 e. The predicted molar refractivity (Wildman–Crippen MR) is 176 cm³/mol. The molecule has 2 heterocycles. The van der Waals surface area contributed by atoms with Gasteiger partial charge in [0.05, 0.1) is 12.7 Å².